The van der Waals surface area contributed by atoms with Crippen molar-refractivity contribution in [1.29, 1.82) is 0 Å². The van der Waals surface area contributed by atoms with E-state index in [0.29, 0.717) is 43.1 Å². The van der Waals surface area contributed by atoms with E-state index >= 15 is 0 Å². The Morgan fingerprint density at radius 2 is 2.13 bits per heavy atom. The predicted octanol–water partition coefficient (Wildman–Crippen LogP) is 4.69. The van der Waals surface area contributed by atoms with E-state index in [1.54, 1.807) is 24.4 Å². The van der Waals surface area contributed by atoms with Crippen LogP contribution in [-0.2, 0) is 16.0 Å². The Hall–Kier alpha value is -2.86. The summed E-state index contributed by atoms with van der Waals surface area (Å²) in [5.74, 6) is -0.391. The van der Waals surface area contributed by atoms with E-state index in [1.807, 2.05) is 30.0 Å². The summed E-state index contributed by atoms with van der Waals surface area (Å²) in [7, 11) is 0. The van der Waals surface area contributed by atoms with Crippen molar-refractivity contribution in [1.82, 2.24) is 14.9 Å². The Bertz CT molecular complexity index is 1150. The molecule has 7 heteroatoms. The highest BCUT2D eigenvalue weighted by molar-refractivity contribution is 6.31. The van der Waals surface area contributed by atoms with E-state index in [1.165, 1.54) is 0 Å². The third-order valence-electron chi connectivity index (χ3n) is 6.69. The first-order chi connectivity index (χ1) is 15.0. The standard InChI is InChI=1S/C24H24ClN3O3/c1-2-31-23(30)24(10-5-11-24)21-20-16(17-14-15(25)7-8-18(17)27-20)9-13-28(21)22(29)19-6-3-4-12-26-19/h3-4,6-8,12,14,21,27H,2,5,9-11,13H2,1H3. The van der Waals surface area contributed by atoms with Gasteiger partial charge in [-0.1, -0.05) is 24.1 Å². The zero-order valence-electron chi connectivity index (χ0n) is 17.4. The Balaban J connectivity index is 1.67. The molecule has 3 aromatic rings. The number of halogens is 1. The van der Waals surface area contributed by atoms with Gasteiger partial charge in [0.1, 0.15) is 5.69 Å². The van der Waals surface area contributed by atoms with Gasteiger partial charge in [-0.05, 0) is 62.1 Å². The average molecular weight is 438 g/mol. The van der Waals surface area contributed by atoms with Gasteiger partial charge in [-0.15, -0.1) is 0 Å². The van der Waals surface area contributed by atoms with Crippen molar-refractivity contribution in [2.45, 2.75) is 38.6 Å². The number of benzene rings is 1. The van der Waals surface area contributed by atoms with Crippen LogP contribution in [0.2, 0.25) is 5.02 Å². The van der Waals surface area contributed by atoms with Gasteiger partial charge in [-0.3, -0.25) is 14.6 Å². The molecule has 2 aromatic heterocycles. The normalized spacial score (nSPS) is 19.5. The number of ether oxygens (including phenoxy) is 1. The molecule has 5 rings (SSSR count). The van der Waals surface area contributed by atoms with Crippen molar-refractivity contribution in [3.8, 4) is 0 Å². The summed E-state index contributed by atoms with van der Waals surface area (Å²) in [6.45, 7) is 2.64. The van der Waals surface area contributed by atoms with Crippen LogP contribution < -0.4 is 0 Å². The molecule has 1 fully saturated rings. The van der Waals surface area contributed by atoms with E-state index in [9.17, 15) is 9.59 Å². The number of carbonyl (C=O) groups is 2. The summed E-state index contributed by atoms with van der Waals surface area (Å²) in [4.78, 5) is 36.4. The lowest BCUT2D eigenvalue weighted by Gasteiger charge is -2.50. The number of pyridine rings is 1. The van der Waals surface area contributed by atoms with Crippen molar-refractivity contribution in [2.75, 3.05) is 13.2 Å². The maximum absolute atomic E-state index is 13.5. The number of carbonyl (C=O) groups excluding carboxylic acids is 2. The van der Waals surface area contributed by atoms with E-state index in [-0.39, 0.29) is 11.9 Å². The lowest BCUT2D eigenvalue weighted by atomic mass is 9.61. The van der Waals surface area contributed by atoms with E-state index in [4.69, 9.17) is 16.3 Å². The van der Waals surface area contributed by atoms with Crippen molar-refractivity contribution in [2.24, 2.45) is 5.41 Å². The van der Waals surface area contributed by atoms with Gasteiger partial charge >= 0.3 is 5.97 Å². The molecule has 6 nitrogen and oxygen atoms in total. The average Bonchev–Trinajstić information content (AvgIpc) is 3.11. The zero-order valence-corrected chi connectivity index (χ0v) is 18.1. The lowest BCUT2D eigenvalue weighted by molar-refractivity contribution is -0.168. The van der Waals surface area contributed by atoms with Crippen LogP contribution >= 0.6 is 11.6 Å². The summed E-state index contributed by atoms with van der Waals surface area (Å²) >= 11 is 6.27. The molecule has 1 aromatic carbocycles. The van der Waals surface area contributed by atoms with Crippen LogP contribution in [0.3, 0.4) is 0 Å². The lowest BCUT2D eigenvalue weighted by Crippen LogP contribution is -2.54. The van der Waals surface area contributed by atoms with Gasteiger partial charge in [0.15, 0.2) is 0 Å². The fourth-order valence-corrected chi connectivity index (χ4v) is 5.28. The number of nitrogens with zero attached hydrogens (tertiary/aromatic N) is 2. The van der Waals surface area contributed by atoms with Crippen LogP contribution in [-0.4, -0.2) is 39.9 Å². The van der Waals surface area contributed by atoms with Gasteiger partial charge in [-0.25, -0.2) is 0 Å². The summed E-state index contributed by atoms with van der Waals surface area (Å²) in [5, 5.41) is 1.72. The van der Waals surface area contributed by atoms with E-state index in [0.717, 1.165) is 28.6 Å². The number of fused-ring (bicyclic) bond motifs is 3. The summed E-state index contributed by atoms with van der Waals surface area (Å²) in [6, 6.07) is 10.6. The number of aromatic nitrogens is 2. The van der Waals surface area contributed by atoms with Crippen molar-refractivity contribution >= 4 is 34.4 Å². The second-order valence-corrected chi connectivity index (χ2v) is 8.74. The number of H-pyrrole nitrogens is 1. The molecule has 1 aliphatic heterocycles. The number of amides is 1. The minimum absolute atomic E-state index is 0.163. The third kappa shape index (κ3) is 3.12. The molecule has 0 spiro atoms. The molecule has 2 aliphatic rings. The van der Waals surface area contributed by atoms with E-state index < -0.39 is 11.5 Å². The summed E-state index contributed by atoms with van der Waals surface area (Å²) in [5.41, 5.74) is 2.64. The Morgan fingerprint density at radius 3 is 2.81 bits per heavy atom. The number of esters is 1. The van der Waals surface area contributed by atoms with Gasteiger partial charge in [0.2, 0.25) is 0 Å². The number of aromatic amines is 1. The Labute approximate surface area is 185 Å². The first kappa shape index (κ1) is 20.1. The molecule has 1 N–H and O–H groups in total. The van der Waals surface area contributed by atoms with Gasteiger partial charge in [0.25, 0.3) is 5.91 Å². The molecule has 0 saturated heterocycles. The zero-order chi connectivity index (χ0) is 21.6. The molecule has 1 saturated carbocycles. The number of hydrogen-bond acceptors (Lipinski definition) is 4. The maximum atomic E-state index is 13.5. The fourth-order valence-electron chi connectivity index (χ4n) is 5.11. The smallest absolute Gasteiger partial charge is 0.314 e. The molecule has 1 aliphatic carbocycles. The van der Waals surface area contributed by atoms with Gasteiger partial charge < -0.3 is 14.6 Å². The van der Waals surface area contributed by atoms with Crippen molar-refractivity contribution < 1.29 is 14.3 Å². The predicted molar refractivity (Wildman–Crippen MR) is 118 cm³/mol. The molecule has 0 radical (unpaired) electrons. The third-order valence-corrected chi connectivity index (χ3v) is 6.92. The molecule has 0 bridgehead atoms. The highest BCUT2D eigenvalue weighted by Crippen LogP contribution is 2.56. The molecule has 1 unspecified atom stereocenters. The molecule has 1 atom stereocenters. The maximum Gasteiger partial charge on any atom is 0.314 e. The molecular weight excluding hydrogens is 414 g/mol. The molecule has 31 heavy (non-hydrogen) atoms. The second-order valence-electron chi connectivity index (χ2n) is 8.30. The number of hydrogen-bond donors (Lipinski definition) is 1. The van der Waals surface area contributed by atoms with Gasteiger partial charge in [0, 0.05) is 34.4 Å². The second kappa shape index (κ2) is 7.68. The van der Waals surface area contributed by atoms with Crippen LogP contribution in [0.4, 0.5) is 0 Å². The molecule has 160 valence electrons. The highest BCUT2D eigenvalue weighted by Gasteiger charge is 2.57. The monoisotopic (exact) mass is 437 g/mol. The molecule has 1 amide bonds. The highest BCUT2D eigenvalue weighted by atomic mass is 35.5. The van der Waals surface area contributed by atoms with Gasteiger partial charge in [0.05, 0.1) is 18.1 Å². The van der Waals surface area contributed by atoms with Gasteiger partial charge in [-0.2, -0.15) is 0 Å². The first-order valence-corrected chi connectivity index (χ1v) is 11.1. The van der Waals surface area contributed by atoms with Crippen LogP contribution in [0.1, 0.15) is 54.0 Å². The quantitative estimate of drug-likeness (QED) is 0.601. The summed E-state index contributed by atoms with van der Waals surface area (Å²) < 4.78 is 5.52. The molecule has 3 heterocycles. The van der Waals surface area contributed by atoms with Crippen LogP contribution in [0, 0.1) is 5.41 Å². The van der Waals surface area contributed by atoms with Crippen LogP contribution in [0.5, 0.6) is 0 Å². The Morgan fingerprint density at radius 1 is 1.29 bits per heavy atom. The van der Waals surface area contributed by atoms with Crippen molar-refractivity contribution in [3.05, 3.63) is 64.6 Å². The SMILES string of the molecule is CCOC(=O)C1(C2c3[nH]c4ccc(Cl)cc4c3CCN2C(=O)c2ccccn2)CCC1. The largest absolute Gasteiger partial charge is 0.465 e. The summed E-state index contributed by atoms with van der Waals surface area (Å²) in [6.07, 6.45) is 4.62. The van der Waals surface area contributed by atoms with Crippen molar-refractivity contribution in [3.63, 3.8) is 0 Å². The first-order valence-electron chi connectivity index (χ1n) is 10.7. The minimum atomic E-state index is -0.750. The number of rotatable bonds is 4. The fraction of sp³-hybridized carbons (Fsp3) is 0.375. The van der Waals surface area contributed by atoms with E-state index in [2.05, 4.69) is 9.97 Å². The minimum Gasteiger partial charge on any atom is -0.465 e. The van der Waals surface area contributed by atoms with Crippen LogP contribution in [0.25, 0.3) is 10.9 Å². The molecular formula is C24H24ClN3O3. The Kier molecular flexibility index (Phi) is 4.97. The number of nitrogens with one attached hydrogen (secondary N) is 1. The topological polar surface area (TPSA) is 75.3 Å². The van der Waals surface area contributed by atoms with Crippen LogP contribution in [0.15, 0.2) is 42.6 Å².